The topological polar surface area (TPSA) is 106 Å². The molecule has 120 valence electrons. The van der Waals surface area contributed by atoms with Crippen molar-refractivity contribution in [1.82, 2.24) is 10.3 Å². The summed E-state index contributed by atoms with van der Waals surface area (Å²) in [4.78, 5) is 36.9. The number of nitrogens with one attached hydrogen (secondary N) is 1. The first-order valence-electron chi connectivity index (χ1n) is 6.36. The smallest absolute Gasteiger partial charge is 0.405 e. The summed E-state index contributed by atoms with van der Waals surface area (Å²) in [5.74, 6) is -3.89. The number of hydrogen-bond donors (Lipinski definition) is 2. The molecule has 0 aliphatic carbocycles. The van der Waals surface area contributed by atoms with Crippen molar-refractivity contribution in [2.75, 3.05) is 6.61 Å². The molecule has 9 heteroatoms. The fourth-order valence-electron chi connectivity index (χ4n) is 1.67. The van der Waals surface area contributed by atoms with Gasteiger partial charge in [-0.2, -0.15) is 13.8 Å². The zero-order valence-electron chi connectivity index (χ0n) is 11.6. The largest absolute Gasteiger partial charge is 0.465 e. The van der Waals surface area contributed by atoms with Crippen molar-refractivity contribution in [2.24, 2.45) is 0 Å². The Bertz CT molecular complexity index is 580. The van der Waals surface area contributed by atoms with Crippen molar-refractivity contribution in [3.05, 3.63) is 29.6 Å². The second kappa shape index (κ2) is 8.01. The number of aromatic nitrogens is 1. The quantitative estimate of drug-likeness (QED) is 0.449. The van der Waals surface area contributed by atoms with Crippen molar-refractivity contribution in [1.29, 1.82) is 0 Å². The van der Waals surface area contributed by atoms with E-state index in [1.807, 2.05) is 5.32 Å². The molecule has 0 saturated carbocycles. The van der Waals surface area contributed by atoms with Gasteiger partial charge in [-0.15, -0.1) is 0 Å². The van der Waals surface area contributed by atoms with Crippen molar-refractivity contribution in [3.63, 3.8) is 0 Å². The molecule has 0 bridgehead atoms. The van der Waals surface area contributed by atoms with Crippen molar-refractivity contribution in [2.45, 2.75) is 25.8 Å². The van der Waals surface area contributed by atoms with E-state index in [1.54, 1.807) is 6.92 Å². The molecule has 7 nitrogen and oxygen atoms in total. The molecular weight excluding hydrogens is 302 g/mol. The van der Waals surface area contributed by atoms with Crippen LogP contribution in [0.2, 0.25) is 0 Å². The van der Waals surface area contributed by atoms with Gasteiger partial charge in [0.2, 0.25) is 11.9 Å². The van der Waals surface area contributed by atoms with E-state index in [1.165, 1.54) is 0 Å². The maximum absolute atomic E-state index is 13.3. The molecule has 0 aliphatic rings. The number of Topliss-reactive ketones (excluding diaryl/α,β-unsaturated/α-hetero) is 1. The lowest BCUT2D eigenvalue weighted by molar-refractivity contribution is -0.145. The van der Waals surface area contributed by atoms with Crippen molar-refractivity contribution >= 4 is 17.8 Å². The number of carboxylic acid groups (broad SMARTS) is 1. The van der Waals surface area contributed by atoms with E-state index >= 15 is 0 Å². The summed E-state index contributed by atoms with van der Waals surface area (Å²) >= 11 is 0. The van der Waals surface area contributed by atoms with E-state index in [0.29, 0.717) is 0 Å². The lowest BCUT2D eigenvalue weighted by atomic mass is 10.0. The van der Waals surface area contributed by atoms with Gasteiger partial charge in [-0.25, -0.2) is 9.59 Å². The summed E-state index contributed by atoms with van der Waals surface area (Å²) in [7, 11) is 0. The summed E-state index contributed by atoms with van der Waals surface area (Å²) in [6.45, 7) is 1.58. The molecule has 1 amide bonds. The number of nitrogens with zero attached hydrogens (tertiary/aromatic N) is 1. The van der Waals surface area contributed by atoms with E-state index in [4.69, 9.17) is 5.11 Å². The van der Waals surface area contributed by atoms with E-state index in [2.05, 4.69) is 9.72 Å². The number of amides is 1. The minimum atomic E-state index is -1.46. The number of halogens is 2. The highest BCUT2D eigenvalue weighted by Crippen LogP contribution is 2.11. The van der Waals surface area contributed by atoms with Crippen LogP contribution in [0.3, 0.4) is 0 Å². The zero-order chi connectivity index (χ0) is 16.7. The molecule has 0 aromatic carbocycles. The highest BCUT2D eigenvalue weighted by molar-refractivity contribution is 5.96. The molecule has 1 rings (SSSR count). The molecular formula is C13H14F2N2O5. The Balaban J connectivity index is 2.72. The number of ketones is 1. The molecule has 0 saturated heterocycles. The number of carbonyl (C=O) groups is 3. The first kappa shape index (κ1) is 17.5. The second-order valence-corrected chi connectivity index (χ2v) is 4.19. The van der Waals surface area contributed by atoms with Gasteiger partial charge in [0.25, 0.3) is 0 Å². The average Bonchev–Trinajstić information content (AvgIpc) is 2.42. The van der Waals surface area contributed by atoms with Crippen LogP contribution in [0.15, 0.2) is 12.1 Å². The molecule has 22 heavy (non-hydrogen) atoms. The van der Waals surface area contributed by atoms with Crippen LogP contribution >= 0.6 is 0 Å². The molecule has 0 fully saturated rings. The van der Waals surface area contributed by atoms with Gasteiger partial charge in [-0.3, -0.25) is 4.79 Å². The molecule has 2 N–H and O–H groups in total. The minimum Gasteiger partial charge on any atom is -0.465 e. The zero-order valence-corrected chi connectivity index (χ0v) is 11.6. The molecule has 0 spiro atoms. The van der Waals surface area contributed by atoms with Gasteiger partial charge < -0.3 is 15.2 Å². The predicted octanol–water partition coefficient (Wildman–Crippen LogP) is 1.52. The molecule has 1 heterocycles. The summed E-state index contributed by atoms with van der Waals surface area (Å²) in [6, 6.07) is 0.511. The molecule has 0 aliphatic heterocycles. The summed E-state index contributed by atoms with van der Waals surface area (Å²) in [5, 5.41) is 10.6. The first-order chi connectivity index (χ1) is 10.3. The van der Waals surface area contributed by atoms with Gasteiger partial charge in [-0.05, 0) is 25.5 Å². The third-order valence-electron chi connectivity index (χ3n) is 2.64. The van der Waals surface area contributed by atoms with E-state index in [9.17, 15) is 23.2 Å². The van der Waals surface area contributed by atoms with Crippen LogP contribution in [-0.2, 0) is 9.53 Å². The lowest BCUT2D eigenvalue weighted by Crippen LogP contribution is -2.41. The molecule has 1 aromatic rings. The van der Waals surface area contributed by atoms with Gasteiger partial charge in [0.05, 0.1) is 12.2 Å². The average molecular weight is 316 g/mol. The Morgan fingerprint density at radius 3 is 2.59 bits per heavy atom. The number of rotatable bonds is 7. The standard InChI is InChI=1S/C13H14F2N2O5/c1-2-22-12(19)8(16-13(20)21)4-5-9(18)7-3-6-10(14)17-11(7)15/h3,6,8,16H,2,4-5H2,1H3,(H,20,21). The van der Waals surface area contributed by atoms with Gasteiger partial charge in [0.15, 0.2) is 5.78 Å². The Hall–Kier alpha value is -2.58. The molecule has 1 unspecified atom stereocenters. The third kappa shape index (κ3) is 5.08. The summed E-state index contributed by atoms with van der Waals surface area (Å²) in [5.41, 5.74) is -0.431. The van der Waals surface area contributed by atoms with Crippen LogP contribution in [0.1, 0.15) is 30.1 Å². The third-order valence-corrected chi connectivity index (χ3v) is 2.64. The lowest BCUT2D eigenvalue weighted by Gasteiger charge is -2.14. The van der Waals surface area contributed by atoms with Crippen LogP contribution in [0.5, 0.6) is 0 Å². The van der Waals surface area contributed by atoms with Crippen LogP contribution in [0, 0.1) is 11.9 Å². The first-order valence-corrected chi connectivity index (χ1v) is 6.36. The van der Waals surface area contributed by atoms with Crippen LogP contribution in [0.25, 0.3) is 0 Å². The van der Waals surface area contributed by atoms with Crippen LogP contribution in [-0.4, -0.2) is 40.6 Å². The van der Waals surface area contributed by atoms with Gasteiger partial charge >= 0.3 is 12.1 Å². The molecule has 1 atom stereocenters. The Kier molecular flexibility index (Phi) is 6.36. The summed E-state index contributed by atoms with van der Waals surface area (Å²) < 4.78 is 30.7. The monoisotopic (exact) mass is 316 g/mol. The number of esters is 1. The van der Waals surface area contributed by atoms with E-state index in [0.717, 1.165) is 12.1 Å². The van der Waals surface area contributed by atoms with E-state index < -0.39 is 41.3 Å². The normalized spacial score (nSPS) is 11.6. The predicted molar refractivity (Wildman–Crippen MR) is 69.3 cm³/mol. The number of hydrogen-bond acceptors (Lipinski definition) is 5. The highest BCUT2D eigenvalue weighted by Gasteiger charge is 2.24. The molecule has 1 aromatic heterocycles. The van der Waals surface area contributed by atoms with Crippen molar-refractivity contribution in [3.8, 4) is 0 Å². The molecule has 0 radical (unpaired) electrons. The van der Waals surface area contributed by atoms with Gasteiger partial charge in [0, 0.05) is 6.42 Å². The Morgan fingerprint density at radius 1 is 1.36 bits per heavy atom. The minimum absolute atomic E-state index is 0.0427. The Morgan fingerprint density at radius 2 is 2.05 bits per heavy atom. The van der Waals surface area contributed by atoms with E-state index in [-0.39, 0.29) is 19.4 Å². The number of pyridine rings is 1. The maximum Gasteiger partial charge on any atom is 0.405 e. The number of carbonyl (C=O) groups excluding carboxylic acids is 2. The van der Waals surface area contributed by atoms with Gasteiger partial charge in [-0.1, -0.05) is 0 Å². The second-order valence-electron chi connectivity index (χ2n) is 4.19. The maximum atomic E-state index is 13.3. The Labute approximate surface area is 124 Å². The van der Waals surface area contributed by atoms with Crippen LogP contribution < -0.4 is 5.32 Å². The van der Waals surface area contributed by atoms with Crippen molar-refractivity contribution < 1.29 is 33.0 Å². The van der Waals surface area contributed by atoms with Crippen LogP contribution in [0.4, 0.5) is 13.6 Å². The van der Waals surface area contributed by atoms with Gasteiger partial charge in [0.1, 0.15) is 6.04 Å². The number of ether oxygens (including phenoxy) is 1. The highest BCUT2D eigenvalue weighted by atomic mass is 19.1. The SMILES string of the molecule is CCOC(=O)C(CCC(=O)c1ccc(F)nc1F)NC(=O)O. The fourth-order valence-corrected chi connectivity index (χ4v) is 1.67. The summed E-state index contributed by atoms with van der Waals surface area (Å²) in [6.07, 6.45) is -2.02. The fraction of sp³-hybridized carbons (Fsp3) is 0.385.